The molecule has 2 unspecified atom stereocenters. The number of amides is 2. The Labute approximate surface area is 212 Å². The maximum Gasteiger partial charge on any atom is 0.409 e. The van der Waals surface area contributed by atoms with Crippen molar-refractivity contribution >= 4 is 12.2 Å². The second-order valence-corrected chi connectivity index (χ2v) is 11.3. The van der Waals surface area contributed by atoms with Crippen LogP contribution in [0.1, 0.15) is 40.0 Å². The molecular formula is C25H50N4O6. The van der Waals surface area contributed by atoms with Gasteiger partial charge in [-0.1, -0.05) is 20.8 Å². The van der Waals surface area contributed by atoms with Crippen molar-refractivity contribution in [1.82, 2.24) is 20.0 Å². The van der Waals surface area contributed by atoms with E-state index in [9.17, 15) is 9.59 Å². The number of hydrogen-bond acceptors (Lipinski definition) is 8. The quantitative estimate of drug-likeness (QED) is 0.342. The van der Waals surface area contributed by atoms with Gasteiger partial charge in [-0.25, -0.2) is 9.59 Å². The summed E-state index contributed by atoms with van der Waals surface area (Å²) in [5.41, 5.74) is -0.148. The third-order valence-corrected chi connectivity index (χ3v) is 6.20. The zero-order valence-corrected chi connectivity index (χ0v) is 23.4. The van der Waals surface area contributed by atoms with Gasteiger partial charge >= 0.3 is 12.2 Å². The molecule has 2 atom stereocenters. The average Bonchev–Trinajstić information content (AvgIpc) is 2.74. The van der Waals surface area contributed by atoms with Crippen molar-refractivity contribution in [2.75, 3.05) is 94.5 Å². The topological polar surface area (TPSA) is 92.8 Å². The summed E-state index contributed by atoms with van der Waals surface area (Å²) in [7, 11) is 9.73. The highest BCUT2D eigenvalue weighted by Gasteiger charge is 2.43. The van der Waals surface area contributed by atoms with Crippen LogP contribution in [0.3, 0.4) is 0 Å². The van der Waals surface area contributed by atoms with E-state index in [1.165, 1.54) is 0 Å². The van der Waals surface area contributed by atoms with Crippen molar-refractivity contribution in [2.45, 2.75) is 46.1 Å². The van der Waals surface area contributed by atoms with Gasteiger partial charge in [0.2, 0.25) is 0 Å². The molecule has 0 aromatic rings. The minimum Gasteiger partial charge on any atom is -0.447 e. The van der Waals surface area contributed by atoms with Gasteiger partial charge in [-0.3, -0.25) is 0 Å². The molecule has 10 heteroatoms. The van der Waals surface area contributed by atoms with E-state index in [0.717, 1.165) is 32.4 Å². The molecule has 0 aromatic carbocycles. The molecule has 1 fully saturated rings. The molecule has 0 heterocycles. The zero-order chi connectivity index (χ0) is 26.5. The number of nitrogens with one attached hydrogen (secondary N) is 1. The van der Waals surface area contributed by atoms with E-state index in [0.29, 0.717) is 33.0 Å². The van der Waals surface area contributed by atoms with Gasteiger partial charge in [0.25, 0.3) is 0 Å². The van der Waals surface area contributed by atoms with Crippen LogP contribution in [0, 0.1) is 10.8 Å². The van der Waals surface area contributed by atoms with E-state index in [-0.39, 0.29) is 36.2 Å². The first-order valence-corrected chi connectivity index (χ1v) is 12.6. The zero-order valence-electron chi connectivity index (χ0n) is 23.4. The molecule has 0 saturated heterocycles. The molecule has 35 heavy (non-hydrogen) atoms. The molecule has 0 aliphatic heterocycles. The largest absolute Gasteiger partial charge is 0.447 e. The summed E-state index contributed by atoms with van der Waals surface area (Å²) in [6.45, 7) is 11.1. The predicted octanol–water partition coefficient (Wildman–Crippen LogP) is 2.52. The van der Waals surface area contributed by atoms with E-state index in [2.05, 4.69) is 26.1 Å². The Balaban J connectivity index is 2.44. The fourth-order valence-electron chi connectivity index (χ4n) is 4.65. The molecule has 0 aromatic heterocycles. The Bertz CT molecular complexity index is 631. The van der Waals surface area contributed by atoms with Crippen LogP contribution in [0.2, 0.25) is 0 Å². The minimum atomic E-state index is -0.440. The monoisotopic (exact) mass is 502 g/mol. The third kappa shape index (κ3) is 13.9. The second-order valence-electron chi connectivity index (χ2n) is 11.3. The number of hydrogen-bond donors (Lipinski definition) is 1. The Morgan fingerprint density at radius 1 is 0.800 bits per heavy atom. The van der Waals surface area contributed by atoms with Crippen LogP contribution in [0.15, 0.2) is 0 Å². The number of rotatable bonds is 15. The Morgan fingerprint density at radius 2 is 1.34 bits per heavy atom. The Kier molecular flexibility index (Phi) is 13.9. The third-order valence-electron chi connectivity index (χ3n) is 6.20. The van der Waals surface area contributed by atoms with E-state index >= 15 is 0 Å². The number of likely N-dealkylation sites (N-methyl/N-ethyl adjacent to an activating group) is 2. The summed E-state index contributed by atoms with van der Waals surface area (Å²) < 4.78 is 21.6. The maximum absolute atomic E-state index is 12.6. The number of ether oxygens (including phenoxy) is 4. The fourth-order valence-corrected chi connectivity index (χ4v) is 4.65. The summed E-state index contributed by atoms with van der Waals surface area (Å²) in [5, 5.41) is 2.91. The minimum absolute atomic E-state index is 0.0212. The number of nitrogens with zero attached hydrogens (tertiary/aromatic N) is 3. The van der Waals surface area contributed by atoms with E-state index in [1.54, 1.807) is 11.9 Å². The van der Waals surface area contributed by atoms with Crippen LogP contribution >= 0.6 is 0 Å². The molecule has 1 saturated carbocycles. The lowest BCUT2D eigenvalue weighted by molar-refractivity contribution is 0.00986. The van der Waals surface area contributed by atoms with Crippen molar-refractivity contribution < 1.29 is 28.5 Å². The number of carbonyl (C=O) groups excluding carboxylic acids is 2. The highest BCUT2D eigenvalue weighted by molar-refractivity contribution is 5.68. The second kappa shape index (κ2) is 15.5. The predicted molar refractivity (Wildman–Crippen MR) is 137 cm³/mol. The number of carbonyl (C=O) groups is 2. The Morgan fingerprint density at radius 3 is 1.89 bits per heavy atom. The van der Waals surface area contributed by atoms with Crippen molar-refractivity contribution in [3.8, 4) is 0 Å². The first-order chi connectivity index (χ1) is 16.3. The lowest BCUT2D eigenvalue weighted by Gasteiger charge is -2.48. The SMILES string of the molecule is CN(C)CCOCCOC(=O)NCC1(C)CC(N(C)C(=O)OCCOCCN(C)C)CC(C)(C)C1. The molecular weight excluding hydrogens is 452 g/mol. The molecule has 10 nitrogen and oxygen atoms in total. The molecule has 0 spiro atoms. The van der Waals surface area contributed by atoms with Crippen LogP contribution in [0.4, 0.5) is 9.59 Å². The Hall–Kier alpha value is -1.62. The summed E-state index contributed by atoms with van der Waals surface area (Å²) in [4.78, 5) is 30.6. The lowest BCUT2D eigenvalue weighted by Crippen LogP contribution is -2.51. The van der Waals surface area contributed by atoms with Gasteiger partial charge in [0.05, 0.1) is 26.4 Å². The van der Waals surface area contributed by atoms with Gasteiger partial charge in [-0.15, -0.1) is 0 Å². The van der Waals surface area contributed by atoms with Crippen LogP contribution in [0.25, 0.3) is 0 Å². The molecule has 1 rings (SSSR count). The average molecular weight is 503 g/mol. The van der Waals surface area contributed by atoms with Gasteiger partial charge in [-0.05, 0) is 58.3 Å². The van der Waals surface area contributed by atoms with Gasteiger partial charge in [0, 0.05) is 32.7 Å². The van der Waals surface area contributed by atoms with Crippen molar-refractivity contribution in [3.05, 3.63) is 0 Å². The molecule has 2 amide bonds. The standard InChI is InChI=1S/C25H50N4O6/c1-24(2)17-21(29(8)23(31)35-16-14-33-12-10-28(6)7)18-25(3,19-24)20-26-22(30)34-15-13-32-11-9-27(4)5/h21H,9-20H2,1-8H3,(H,26,30). The van der Waals surface area contributed by atoms with Gasteiger partial charge in [-0.2, -0.15) is 0 Å². The highest BCUT2D eigenvalue weighted by atomic mass is 16.6. The first-order valence-electron chi connectivity index (χ1n) is 12.6. The normalized spacial score (nSPS) is 21.7. The summed E-state index contributed by atoms with van der Waals surface area (Å²) in [5.74, 6) is 0. The van der Waals surface area contributed by atoms with Crippen molar-refractivity contribution in [2.24, 2.45) is 10.8 Å². The van der Waals surface area contributed by atoms with Crippen molar-refractivity contribution in [3.63, 3.8) is 0 Å². The maximum atomic E-state index is 12.6. The first kappa shape index (κ1) is 31.4. The molecule has 1 N–H and O–H groups in total. The van der Waals surface area contributed by atoms with Crippen molar-refractivity contribution in [1.29, 1.82) is 0 Å². The smallest absolute Gasteiger partial charge is 0.409 e. The molecule has 0 bridgehead atoms. The fraction of sp³-hybridized carbons (Fsp3) is 0.920. The van der Waals surface area contributed by atoms with Crippen LogP contribution in [0.5, 0.6) is 0 Å². The summed E-state index contributed by atoms with van der Waals surface area (Å²) in [6.07, 6.45) is 1.81. The van der Waals surface area contributed by atoms with Gasteiger partial charge in [0.15, 0.2) is 0 Å². The van der Waals surface area contributed by atoms with Crippen LogP contribution < -0.4 is 5.32 Å². The molecule has 1 aliphatic rings. The van der Waals surface area contributed by atoms with Gasteiger partial charge in [0.1, 0.15) is 13.2 Å². The van der Waals surface area contributed by atoms with E-state index < -0.39 is 6.09 Å². The van der Waals surface area contributed by atoms with Crippen LogP contribution in [-0.2, 0) is 18.9 Å². The summed E-state index contributed by atoms with van der Waals surface area (Å²) in [6, 6.07) is 0.0221. The molecule has 0 radical (unpaired) electrons. The highest BCUT2D eigenvalue weighted by Crippen LogP contribution is 2.47. The van der Waals surface area contributed by atoms with Gasteiger partial charge < -0.3 is 39.0 Å². The van der Waals surface area contributed by atoms with Crippen LogP contribution in [-0.4, -0.2) is 127 Å². The van der Waals surface area contributed by atoms with E-state index in [4.69, 9.17) is 18.9 Å². The number of alkyl carbamates (subject to hydrolysis) is 1. The lowest BCUT2D eigenvalue weighted by atomic mass is 9.62. The van der Waals surface area contributed by atoms with E-state index in [1.807, 2.05) is 38.0 Å². The summed E-state index contributed by atoms with van der Waals surface area (Å²) >= 11 is 0. The molecule has 206 valence electrons. The molecule has 1 aliphatic carbocycles.